The number of aromatic amines is 1. The van der Waals surface area contributed by atoms with E-state index in [2.05, 4.69) is 4.98 Å². The predicted octanol–water partition coefficient (Wildman–Crippen LogP) is 0.280. The summed E-state index contributed by atoms with van der Waals surface area (Å²) >= 11 is 0. The number of hydrogen-bond donors (Lipinski definition) is 1. The summed E-state index contributed by atoms with van der Waals surface area (Å²) < 4.78 is 5.79. The first-order valence-electron chi connectivity index (χ1n) is 4.21. The molecule has 0 saturated heterocycles. The minimum absolute atomic E-state index is 0.170. The molecule has 2 aromatic heterocycles. The van der Waals surface area contributed by atoms with Crippen molar-refractivity contribution in [1.29, 1.82) is 0 Å². The summed E-state index contributed by atoms with van der Waals surface area (Å²) in [6.45, 7) is 1.57. The normalized spacial score (nSPS) is 10.2. The molecule has 0 aliphatic rings. The largest absolute Gasteiger partial charge is 0.433 e. The number of rotatable bonds is 2. The Hall–Kier alpha value is -2.24. The van der Waals surface area contributed by atoms with Crippen LogP contribution in [0.5, 0.6) is 5.95 Å². The molecule has 0 aliphatic heterocycles. The summed E-state index contributed by atoms with van der Waals surface area (Å²) in [7, 11) is 0. The lowest BCUT2D eigenvalue weighted by atomic mass is 10.4. The molecule has 0 aromatic carbocycles. The zero-order chi connectivity index (χ0) is 10.8. The third-order valence-corrected chi connectivity index (χ3v) is 1.77. The first kappa shape index (κ1) is 9.32. The molecule has 0 aliphatic carbocycles. The quantitative estimate of drug-likeness (QED) is 0.768. The highest BCUT2D eigenvalue weighted by Crippen LogP contribution is 2.09. The summed E-state index contributed by atoms with van der Waals surface area (Å²) in [4.78, 5) is 29.5. The predicted molar refractivity (Wildman–Crippen MR) is 50.8 cm³/mol. The van der Waals surface area contributed by atoms with Crippen molar-refractivity contribution in [2.24, 2.45) is 0 Å². The van der Waals surface area contributed by atoms with Gasteiger partial charge in [-0.1, -0.05) is 0 Å². The van der Waals surface area contributed by atoms with Gasteiger partial charge in [0.1, 0.15) is 0 Å². The Balaban J connectivity index is 2.42. The Morgan fingerprint density at radius 1 is 1.47 bits per heavy atom. The Bertz CT molecular complexity index is 565. The van der Waals surface area contributed by atoms with Gasteiger partial charge < -0.3 is 9.25 Å². The van der Waals surface area contributed by atoms with E-state index in [-0.39, 0.29) is 5.95 Å². The second kappa shape index (κ2) is 3.49. The fraction of sp³-hybridized carbons (Fsp3) is 0.111. The van der Waals surface area contributed by atoms with E-state index in [4.69, 9.17) is 9.25 Å². The number of hydrogen-bond acceptors (Lipinski definition) is 4. The van der Waals surface area contributed by atoms with E-state index in [1.54, 1.807) is 19.1 Å². The van der Waals surface area contributed by atoms with Crippen molar-refractivity contribution in [3.05, 3.63) is 51.0 Å². The van der Waals surface area contributed by atoms with Gasteiger partial charge in [0.15, 0.2) is 0 Å². The van der Waals surface area contributed by atoms with Crippen molar-refractivity contribution < 1.29 is 9.25 Å². The second-order valence-electron chi connectivity index (χ2n) is 2.92. The van der Waals surface area contributed by atoms with Gasteiger partial charge in [0.2, 0.25) is 0 Å². The molecule has 6 nitrogen and oxygen atoms in total. The van der Waals surface area contributed by atoms with E-state index >= 15 is 0 Å². The van der Waals surface area contributed by atoms with Crippen LogP contribution >= 0.6 is 0 Å². The standard InChI is InChI=1S/C9H8N2O4/c1-6-5-11(9(13)10-8(6)12)15-7-3-2-4-14-7/h2-5H,1H3,(H,10,12,13). The van der Waals surface area contributed by atoms with E-state index in [9.17, 15) is 9.59 Å². The Kier molecular flexibility index (Phi) is 2.17. The molecule has 6 heteroatoms. The summed E-state index contributed by atoms with van der Waals surface area (Å²) in [5.41, 5.74) is -0.706. The first-order valence-corrected chi connectivity index (χ1v) is 4.21. The molecule has 0 saturated carbocycles. The van der Waals surface area contributed by atoms with Gasteiger partial charge in [-0.3, -0.25) is 9.78 Å². The molecule has 0 unspecified atom stereocenters. The molecule has 0 radical (unpaired) electrons. The summed E-state index contributed by atoms with van der Waals surface area (Å²) in [5, 5.41) is 0. The average Bonchev–Trinajstić information content (AvgIpc) is 2.67. The van der Waals surface area contributed by atoms with Crippen molar-refractivity contribution in [2.75, 3.05) is 0 Å². The van der Waals surface area contributed by atoms with Crippen LogP contribution in [0.15, 0.2) is 38.6 Å². The van der Waals surface area contributed by atoms with E-state index in [0.29, 0.717) is 5.56 Å². The zero-order valence-electron chi connectivity index (χ0n) is 7.89. The molecule has 15 heavy (non-hydrogen) atoms. The third kappa shape index (κ3) is 1.83. The van der Waals surface area contributed by atoms with Crippen molar-refractivity contribution in [3.63, 3.8) is 0 Å². The van der Waals surface area contributed by atoms with Crippen LogP contribution in [0.25, 0.3) is 0 Å². The minimum atomic E-state index is -0.651. The van der Waals surface area contributed by atoms with Crippen LogP contribution in [0.1, 0.15) is 5.56 Å². The Morgan fingerprint density at radius 2 is 2.27 bits per heavy atom. The molecule has 78 valence electrons. The van der Waals surface area contributed by atoms with Crippen molar-refractivity contribution in [1.82, 2.24) is 9.71 Å². The van der Waals surface area contributed by atoms with Gasteiger partial charge in [-0.05, 0) is 13.0 Å². The smallest absolute Gasteiger partial charge is 0.361 e. The van der Waals surface area contributed by atoms with Crippen molar-refractivity contribution in [2.45, 2.75) is 6.92 Å². The number of nitrogens with zero attached hydrogens (tertiary/aromatic N) is 1. The lowest BCUT2D eigenvalue weighted by Gasteiger charge is -2.03. The lowest BCUT2D eigenvalue weighted by molar-refractivity contribution is 0.149. The zero-order valence-corrected chi connectivity index (χ0v) is 7.89. The van der Waals surface area contributed by atoms with Crippen molar-refractivity contribution >= 4 is 0 Å². The molecule has 0 spiro atoms. The lowest BCUT2D eigenvalue weighted by Crippen LogP contribution is -2.33. The Morgan fingerprint density at radius 3 is 2.93 bits per heavy atom. The van der Waals surface area contributed by atoms with E-state index < -0.39 is 11.2 Å². The second-order valence-corrected chi connectivity index (χ2v) is 2.92. The van der Waals surface area contributed by atoms with Crippen LogP contribution < -0.4 is 16.1 Å². The molecule has 2 aromatic rings. The maximum Gasteiger partial charge on any atom is 0.361 e. The molecular weight excluding hydrogens is 200 g/mol. The van der Waals surface area contributed by atoms with Crippen LogP contribution in [-0.2, 0) is 0 Å². The summed E-state index contributed by atoms with van der Waals surface area (Å²) in [5.74, 6) is 0.170. The summed E-state index contributed by atoms with van der Waals surface area (Å²) in [6.07, 6.45) is 2.71. The van der Waals surface area contributed by atoms with Gasteiger partial charge >= 0.3 is 11.6 Å². The van der Waals surface area contributed by atoms with Crippen LogP contribution in [0.2, 0.25) is 0 Å². The van der Waals surface area contributed by atoms with Gasteiger partial charge in [-0.15, -0.1) is 4.73 Å². The van der Waals surface area contributed by atoms with Crippen LogP contribution in [0, 0.1) is 6.92 Å². The van der Waals surface area contributed by atoms with Crippen molar-refractivity contribution in [3.8, 4) is 5.95 Å². The molecule has 0 atom stereocenters. The fourth-order valence-corrected chi connectivity index (χ4v) is 1.02. The highest BCUT2D eigenvalue weighted by molar-refractivity contribution is 5.05. The maximum absolute atomic E-state index is 11.3. The van der Waals surface area contributed by atoms with Gasteiger partial charge in [-0.25, -0.2) is 4.79 Å². The molecule has 1 N–H and O–H groups in total. The minimum Gasteiger partial charge on any atom is -0.433 e. The number of H-pyrrole nitrogens is 1. The van der Waals surface area contributed by atoms with Gasteiger partial charge in [-0.2, -0.15) is 0 Å². The number of aromatic nitrogens is 2. The highest BCUT2D eigenvalue weighted by atomic mass is 16.7. The molecular formula is C9H8N2O4. The Labute approximate surface area is 83.7 Å². The molecule has 2 heterocycles. The number of aryl methyl sites for hydroxylation is 1. The maximum atomic E-state index is 11.3. The van der Waals surface area contributed by atoms with E-state index in [1.807, 2.05) is 0 Å². The molecule has 0 bridgehead atoms. The molecule has 2 rings (SSSR count). The molecule has 0 fully saturated rings. The van der Waals surface area contributed by atoms with E-state index in [0.717, 1.165) is 4.73 Å². The van der Waals surface area contributed by atoms with Crippen LogP contribution in [0.3, 0.4) is 0 Å². The van der Waals surface area contributed by atoms with Gasteiger partial charge in [0.25, 0.3) is 5.56 Å². The van der Waals surface area contributed by atoms with Gasteiger partial charge in [0, 0.05) is 11.6 Å². The first-order chi connectivity index (χ1) is 7.16. The fourth-order valence-electron chi connectivity index (χ4n) is 1.02. The SMILES string of the molecule is Cc1cn(Oc2ccco2)c(=O)[nH]c1=O. The number of nitrogens with one attached hydrogen (secondary N) is 1. The third-order valence-electron chi connectivity index (χ3n) is 1.77. The number of furan rings is 1. The van der Waals surface area contributed by atoms with Crippen LogP contribution in [0.4, 0.5) is 0 Å². The van der Waals surface area contributed by atoms with E-state index in [1.165, 1.54) is 12.5 Å². The highest BCUT2D eigenvalue weighted by Gasteiger charge is 2.03. The monoisotopic (exact) mass is 208 g/mol. The van der Waals surface area contributed by atoms with Gasteiger partial charge in [0.05, 0.1) is 12.5 Å². The van der Waals surface area contributed by atoms with Crippen LogP contribution in [-0.4, -0.2) is 9.71 Å². The average molecular weight is 208 g/mol. The topological polar surface area (TPSA) is 77.2 Å². The molecule has 0 amide bonds. The summed E-state index contributed by atoms with van der Waals surface area (Å²) in [6, 6.07) is 3.17.